The Morgan fingerprint density at radius 2 is 1.21 bits per heavy atom. The second kappa shape index (κ2) is 7.63. The average molecular weight is 519 g/mol. The molecule has 0 saturated carbocycles. The fourth-order valence-corrected chi connectivity index (χ4v) is 6.51. The van der Waals surface area contributed by atoms with E-state index in [0.29, 0.717) is 5.02 Å². The van der Waals surface area contributed by atoms with Crippen LogP contribution in [0, 0.1) is 0 Å². The topological polar surface area (TPSA) is 22.4 Å². The van der Waals surface area contributed by atoms with E-state index in [1.165, 1.54) is 21.5 Å². The second-order valence-electron chi connectivity index (χ2n) is 10.2. The molecule has 39 heavy (non-hydrogen) atoms. The highest BCUT2D eigenvalue weighted by Crippen LogP contribution is 2.50. The number of ether oxygens (including phenoxy) is 1. The van der Waals surface area contributed by atoms with Gasteiger partial charge in [-0.15, -0.1) is 0 Å². The maximum absolute atomic E-state index is 6.73. The molecular weight excluding hydrogens is 500 g/mol. The van der Waals surface area contributed by atoms with Gasteiger partial charge in [0.05, 0.1) is 0 Å². The average Bonchev–Trinajstić information content (AvgIpc) is 3.34. The first-order valence-electron chi connectivity index (χ1n) is 13.0. The number of halogens is 1. The number of hydrogen-bond acceptors (Lipinski definition) is 2. The maximum atomic E-state index is 6.73. The first-order chi connectivity index (χ1) is 19.2. The summed E-state index contributed by atoms with van der Waals surface area (Å²) in [5.74, 6) is 1.62. The summed E-state index contributed by atoms with van der Waals surface area (Å²) in [7, 11) is 0. The molecule has 2 nitrogen and oxygen atoms in total. The Labute approximate surface area is 228 Å². The second-order valence-corrected chi connectivity index (χ2v) is 10.7. The lowest BCUT2D eigenvalue weighted by Crippen LogP contribution is -1.98. The molecule has 1 aromatic heterocycles. The van der Waals surface area contributed by atoms with Crippen LogP contribution in [0.25, 0.3) is 76.5 Å². The molecule has 0 amide bonds. The predicted molar refractivity (Wildman–Crippen MR) is 162 cm³/mol. The minimum absolute atomic E-state index is 0.664. The Balaban J connectivity index is 1.41. The highest BCUT2D eigenvalue weighted by atomic mass is 35.5. The molecule has 182 valence electrons. The van der Waals surface area contributed by atoms with Crippen molar-refractivity contribution in [3.63, 3.8) is 0 Å². The van der Waals surface area contributed by atoms with Crippen molar-refractivity contribution in [2.75, 3.05) is 0 Å². The third kappa shape index (κ3) is 2.92. The van der Waals surface area contributed by atoms with Gasteiger partial charge in [-0.2, -0.15) is 0 Å². The first kappa shape index (κ1) is 21.2. The standard InChI is InChI=1S/C36H19ClO2/c37-23-12-13-26-28-15-14-25(27-10-5-11-31(34(27)28)38-33(26)19-23)29-17-22-8-3-4-9-24(22)35-30-16-20-6-1-2-7-21(20)18-32(30)39-36(29)35/h1-19H. The summed E-state index contributed by atoms with van der Waals surface area (Å²) < 4.78 is 13.1. The molecule has 2 heterocycles. The largest absolute Gasteiger partial charge is 0.456 e. The van der Waals surface area contributed by atoms with Gasteiger partial charge in [0, 0.05) is 38.4 Å². The number of fused-ring (bicyclic) bond motifs is 8. The molecule has 0 spiro atoms. The van der Waals surface area contributed by atoms with Gasteiger partial charge in [0.15, 0.2) is 0 Å². The molecule has 7 aromatic carbocycles. The molecule has 0 saturated heterocycles. The third-order valence-corrected chi connectivity index (χ3v) is 8.31. The summed E-state index contributed by atoms with van der Waals surface area (Å²) in [5, 5.41) is 9.96. The molecule has 3 heteroatoms. The van der Waals surface area contributed by atoms with Gasteiger partial charge in [-0.1, -0.05) is 84.4 Å². The Hall–Kier alpha value is -4.79. The van der Waals surface area contributed by atoms with E-state index in [0.717, 1.165) is 66.5 Å². The van der Waals surface area contributed by atoms with Gasteiger partial charge in [-0.05, 0) is 74.5 Å². The zero-order valence-corrected chi connectivity index (χ0v) is 21.4. The molecule has 0 aliphatic carbocycles. The summed E-state index contributed by atoms with van der Waals surface area (Å²) in [6.45, 7) is 0. The van der Waals surface area contributed by atoms with Crippen LogP contribution in [-0.4, -0.2) is 0 Å². The lowest BCUT2D eigenvalue weighted by atomic mass is 9.88. The van der Waals surface area contributed by atoms with Gasteiger partial charge in [-0.3, -0.25) is 0 Å². The van der Waals surface area contributed by atoms with E-state index < -0.39 is 0 Å². The van der Waals surface area contributed by atoms with Crippen molar-refractivity contribution in [2.45, 2.75) is 0 Å². The van der Waals surface area contributed by atoms with E-state index in [4.69, 9.17) is 20.8 Å². The van der Waals surface area contributed by atoms with Crippen LogP contribution in [0.5, 0.6) is 11.5 Å². The van der Waals surface area contributed by atoms with E-state index in [2.05, 4.69) is 91.0 Å². The summed E-state index contributed by atoms with van der Waals surface area (Å²) in [6, 6.07) is 40.3. The van der Waals surface area contributed by atoms with Crippen molar-refractivity contribution in [3.05, 3.63) is 120 Å². The highest BCUT2D eigenvalue weighted by Gasteiger charge is 2.24. The van der Waals surface area contributed by atoms with E-state index >= 15 is 0 Å². The van der Waals surface area contributed by atoms with Gasteiger partial charge in [-0.25, -0.2) is 0 Å². The fraction of sp³-hybridized carbons (Fsp3) is 0. The number of furan rings is 1. The summed E-state index contributed by atoms with van der Waals surface area (Å²) in [4.78, 5) is 0. The van der Waals surface area contributed by atoms with Gasteiger partial charge in [0.25, 0.3) is 0 Å². The Morgan fingerprint density at radius 3 is 2.10 bits per heavy atom. The van der Waals surface area contributed by atoms with Crippen molar-refractivity contribution in [1.82, 2.24) is 0 Å². The molecule has 0 bridgehead atoms. The van der Waals surface area contributed by atoms with Crippen LogP contribution < -0.4 is 4.74 Å². The Bertz CT molecular complexity index is 2330. The minimum atomic E-state index is 0.664. The van der Waals surface area contributed by atoms with Crippen LogP contribution in [-0.2, 0) is 0 Å². The summed E-state index contributed by atoms with van der Waals surface area (Å²) in [5.41, 5.74) is 6.20. The van der Waals surface area contributed by atoms with Crippen LogP contribution in [0.3, 0.4) is 0 Å². The molecule has 0 fully saturated rings. The quantitative estimate of drug-likeness (QED) is 0.215. The van der Waals surface area contributed by atoms with Gasteiger partial charge >= 0.3 is 0 Å². The first-order valence-corrected chi connectivity index (χ1v) is 13.4. The van der Waals surface area contributed by atoms with E-state index in [-0.39, 0.29) is 0 Å². The van der Waals surface area contributed by atoms with Crippen molar-refractivity contribution in [3.8, 4) is 33.8 Å². The van der Waals surface area contributed by atoms with Crippen LogP contribution in [0.2, 0.25) is 5.02 Å². The van der Waals surface area contributed by atoms with E-state index in [9.17, 15) is 0 Å². The van der Waals surface area contributed by atoms with Crippen molar-refractivity contribution in [2.24, 2.45) is 0 Å². The van der Waals surface area contributed by atoms with E-state index in [1.54, 1.807) is 0 Å². The fourth-order valence-electron chi connectivity index (χ4n) is 6.35. The zero-order valence-electron chi connectivity index (χ0n) is 20.7. The van der Waals surface area contributed by atoms with Crippen LogP contribution >= 0.6 is 11.6 Å². The number of hydrogen-bond donors (Lipinski definition) is 0. The van der Waals surface area contributed by atoms with E-state index in [1.807, 2.05) is 24.3 Å². The van der Waals surface area contributed by atoms with Crippen molar-refractivity contribution in [1.29, 1.82) is 0 Å². The molecule has 1 aliphatic heterocycles. The summed E-state index contributed by atoms with van der Waals surface area (Å²) in [6.07, 6.45) is 0. The molecule has 8 aromatic rings. The molecule has 0 radical (unpaired) electrons. The molecule has 0 unspecified atom stereocenters. The Morgan fingerprint density at radius 1 is 0.462 bits per heavy atom. The van der Waals surface area contributed by atoms with Crippen LogP contribution in [0.15, 0.2) is 120 Å². The van der Waals surface area contributed by atoms with Crippen molar-refractivity contribution >= 4 is 65.9 Å². The maximum Gasteiger partial charge on any atom is 0.143 e. The SMILES string of the molecule is Clc1ccc2c(c1)Oc1cccc3c(-c4cc5ccccc5c5c4oc4cc6ccccc6cc45)ccc-2c13. The monoisotopic (exact) mass is 518 g/mol. The van der Waals surface area contributed by atoms with Crippen molar-refractivity contribution < 1.29 is 9.15 Å². The number of rotatable bonds is 1. The zero-order chi connectivity index (χ0) is 25.7. The lowest BCUT2D eigenvalue weighted by molar-refractivity contribution is 0.487. The minimum Gasteiger partial charge on any atom is -0.456 e. The third-order valence-electron chi connectivity index (χ3n) is 8.08. The highest BCUT2D eigenvalue weighted by molar-refractivity contribution is 6.31. The molecule has 0 N–H and O–H groups in total. The smallest absolute Gasteiger partial charge is 0.143 e. The Kier molecular flexibility index (Phi) is 4.14. The lowest BCUT2D eigenvalue weighted by Gasteiger charge is -2.23. The van der Waals surface area contributed by atoms with Crippen LogP contribution in [0.1, 0.15) is 0 Å². The summed E-state index contributed by atoms with van der Waals surface area (Å²) >= 11 is 6.29. The molecule has 0 atom stereocenters. The van der Waals surface area contributed by atoms with Crippen LogP contribution in [0.4, 0.5) is 0 Å². The van der Waals surface area contributed by atoms with Gasteiger partial charge in [0.1, 0.15) is 22.7 Å². The number of benzene rings is 7. The molecule has 9 rings (SSSR count). The predicted octanol–water partition coefficient (Wildman–Crippen LogP) is 11.1. The molecule has 1 aliphatic rings. The van der Waals surface area contributed by atoms with Gasteiger partial charge < -0.3 is 9.15 Å². The molecular formula is C36H19ClO2. The normalized spacial score (nSPS) is 12.4. The van der Waals surface area contributed by atoms with Gasteiger partial charge in [0.2, 0.25) is 0 Å².